The van der Waals surface area contributed by atoms with Crippen LogP contribution in [0.3, 0.4) is 0 Å². The fourth-order valence-corrected chi connectivity index (χ4v) is 4.26. The molecule has 0 saturated heterocycles. The highest BCUT2D eigenvalue weighted by atomic mass is 32.2. The second-order valence-corrected chi connectivity index (χ2v) is 6.84. The van der Waals surface area contributed by atoms with Crippen molar-refractivity contribution in [3.05, 3.63) is 23.2 Å². The largest absolute Gasteiger partial charge is 0.399 e. The summed E-state index contributed by atoms with van der Waals surface area (Å²) in [6.07, 6.45) is 0. The van der Waals surface area contributed by atoms with Gasteiger partial charge in [0.15, 0.2) is 0 Å². The Balaban J connectivity index is 1.98. The van der Waals surface area contributed by atoms with E-state index in [0.717, 1.165) is 31.7 Å². The van der Waals surface area contributed by atoms with Crippen molar-refractivity contribution in [2.24, 2.45) is 10.9 Å². The fourth-order valence-electron chi connectivity index (χ4n) is 1.88. The van der Waals surface area contributed by atoms with Crippen LogP contribution < -0.4 is 5.73 Å². The summed E-state index contributed by atoms with van der Waals surface area (Å²) in [5, 5.41) is 2.12. The van der Waals surface area contributed by atoms with Crippen LogP contribution in [0.1, 0.15) is 18.9 Å². The minimum atomic E-state index is 0.432. The van der Waals surface area contributed by atoms with Crippen LogP contribution in [-0.4, -0.2) is 21.8 Å². The smallest absolute Gasteiger partial charge is 0.149 e. The van der Waals surface area contributed by atoms with E-state index in [4.69, 9.17) is 10.7 Å². The summed E-state index contributed by atoms with van der Waals surface area (Å²) in [6.45, 7) is 4.44. The van der Waals surface area contributed by atoms with Gasteiger partial charge in [-0.05, 0) is 24.1 Å². The van der Waals surface area contributed by atoms with Gasteiger partial charge in [0, 0.05) is 11.4 Å². The molecule has 0 amide bonds. The molecule has 1 atom stereocenters. The molecule has 0 bridgehead atoms. The van der Waals surface area contributed by atoms with E-state index in [9.17, 15) is 0 Å². The second-order valence-electron chi connectivity index (χ2n) is 4.80. The number of thiazole rings is 1. The molecule has 3 nitrogen and oxygen atoms in total. The monoisotopic (exact) mass is 277 g/mol. The molecule has 0 fully saturated rings. The molecule has 0 spiro atoms. The van der Waals surface area contributed by atoms with Gasteiger partial charge in [-0.25, -0.2) is 4.98 Å². The number of hydrogen-bond acceptors (Lipinski definition) is 5. The molecule has 18 heavy (non-hydrogen) atoms. The zero-order chi connectivity index (χ0) is 12.7. The minimum absolute atomic E-state index is 0.432. The minimum Gasteiger partial charge on any atom is -0.399 e. The summed E-state index contributed by atoms with van der Waals surface area (Å²) in [5.74, 6) is 1.67. The average Bonchev–Trinajstić information content (AvgIpc) is 2.93. The predicted molar refractivity (Wildman–Crippen MR) is 81.7 cm³/mol. The Labute approximate surface area is 115 Å². The zero-order valence-electron chi connectivity index (χ0n) is 10.4. The normalized spacial score (nSPS) is 19.7. The Bertz CT molecular complexity index is 616. The summed E-state index contributed by atoms with van der Waals surface area (Å²) in [7, 11) is 0. The Morgan fingerprint density at radius 2 is 2.22 bits per heavy atom. The summed E-state index contributed by atoms with van der Waals surface area (Å²) in [5.41, 5.74) is 7.60. The summed E-state index contributed by atoms with van der Waals surface area (Å²) >= 11 is 3.50. The first-order valence-corrected chi connectivity index (χ1v) is 7.81. The van der Waals surface area contributed by atoms with Crippen LogP contribution in [0.4, 0.5) is 5.69 Å². The van der Waals surface area contributed by atoms with Crippen molar-refractivity contribution < 1.29 is 0 Å². The Morgan fingerprint density at radius 1 is 1.39 bits per heavy atom. The Hall–Kier alpha value is -1.07. The number of nitrogen functional groups attached to an aromatic ring is 1. The third kappa shape index (κ3) is 2.12. The molecular formula is C13H15N3S2. The van der Waals surface area contributed by atoms with E-state index in [1.807, 2.05) is 30.0 Å². The third-order valence-corrected chi connectivity index (χ3v) is 5.27. The van der Waals surface area contributed by atoms with E-state index in [2.05, 4.69) is 18.8 Å². The van der Waals surface area contributed by atoms with E-state index in [1.165, 1.54) is 0 Å². The van der Waals surface area contributed by atoms with Crippen LogP contribution in [0.2, 0.25) is 0 Å². The highest BCUT2D eigenvalue weighted by Gasteiger charge is 2.23. The molecule has 3 rings (SSSR count). The van der Waals surface area contributed by atoms with Crippen molar-refractivity contribution in [1.29, 1.82) is 0 Å². The number of anilines is 1. The number of benzene rings is 1. The number of nitrogens with zero attached hydrogens (tertiary/aromatic N) is 2. The number of thioether (sulfide) groups is 1. The number of fused-ring (bicyclic) bond motifs is 1. The number of aliphatic imine (C=N–C) groups is 1. The van der Waals surface area contributed by atoms with E-state index in [0.29, 0.717) is 12.0 Å². The van der Waals surface area contributed by atoms with Crippen molar-refractivity contribution >= 4 is 44.0 Å². The van der Waals surface area contributed by atoms with Crippen LogP contribution in [-0.2, 0) is 0 Å². The van der Waals surface area contributed by atoms with Crippen molar-refractivity contribution in [1.82, 2.24) is 4.98 Å². The van der Waals surface area contributed by atoms with E-state index < -0.39 is 0 Å². The molecule has 2 aromatic rings. The van der Waals surface area contributed by atoms with Crippen LogP contribution in [0.15, 0.2) is 23.2 Å². The van der Waals surface area contributed by atoms with Gasteiger partial charge in [0.1, 0.15) is 10.1 Å². The van der Waals surface area contributed by atoms with Gasteiger partial charge >= 0.3 is 0 Å². The number of hydrogen-bond donors (Lipinski definition) is 1. The molecule has 1 aliphatic heterocycles. The highest BCUT2D eigenvalue weighted by molar-refractivity contribution is 8.15. The summed E-state index contributed by atoms with van der Waals surface area (Å²) in [6, 6.07) is 6.29. The topological polar surface area (TPSA) is 51.3 Å². The molecule has 1 aromatic carbocycles. The van der Waals surface area contributed by atoms with Gasteiger partial charge < -0.3 is 5.73 Å². The SMILES string of the molecule is CC(C)C1CSC(c2nc3ccc(N)cc3s2)=N1. The van der Waals surface area contributed by atoms with Gasteiger partial charge in [-0.2, -0.15) is 0 Å². The van der Waals surface area contributed by atoms with Crippen LogP contribution in [0, 0.1) is 5.92 Å². The first-order chi connectivity index (χ1) is 8.63. The molecule has 2 heterocycles. The quantitative estimate of drug-likeness (QED) is 0.856. The summed E-state index contributed by atoms with van der Waals surface area (Å²) < 4.78 is 1.14. The Kier molecular flexibility index (Phi) is 3.03. The third-order valence-electron chi connectivity index (χ3n) is 3.04. The van der Waals surface area contributed by atoms with Gasteiger partial charge in [0.25, 0.3) is 0 Å². The average molecular weight is 277 g/mol. The molecule has 0 aliphatic carbocycles. The van der Waals surface area contributed by atoms with Gasteiger partial charge in [0.2, 0.25) is 0 Å². The maximum atomic E-state index is 5.79. The van der Waals surface area contributed by atoms with Crippen LogP contribution >= 0.6 is 23.1 Å². The van der Waals surface area contributed by atoms with Gasteiger partial charge in [-0.1, -0.05) is 13.8 Å². The lowest BCUT2D eigenvalue weighted by atomic mass is 10.1. The summed E-state index contributed by atoms with van der Waals surface area (Å²) in [4.78, 5) is 9.41. The number of aromatic nitrogens is 1. The first kappa shape index (κ1) is 12.0. The maximum Gasteiger partial charge on any atom is 0.149 e. The van der Waals surface area contributed by atoms with Crippen molar-refractivity contribution in [2.45, 2.75) is 19.9 Å². The van der Waals surface area contributed by atoms with Crippen molar-refractivity contribution in [3.8, 4) is 0 Å². The predicted octanol–water partition coefficient (Wildman–Crippen LogP) is 3.40. The second kappa shape index (κ2) is 4.55. The van der Waals surface area contributed by atoms with E-state index in [1.54, 1.807) is 11.3 Å². The molecule has 0 radical (unpaired) electrons. The van der Waals surface area contributed by atoms with E-state index in [-0.39, 0.29) is 0 Å². The van der Waals surface area contributed by atoms with Gasteiger partial charge in [0.05, 0.1) is 16.3 Å². The van der Waals surface area contributed by atoms with Gasteiger partial charge in [-0.15, -0.1) is 23.1 Å². The highest BCUT2D eigenvalue weighted by Crippen LogP contribution is 2.32. The molecule has 1 unspecified atom stereocenters. The van der Waals surface area contributed by atoms with Crippen LogP contribution in [0.25, 0.3) is 10.2 Å². The fraction of sp³-hybridized carbons (Fsp3) is 0.385. The molecule has 5 heteroatoms. The van der Waals surface area contributed by atoms with Gasteiger partial charge in [-0.3, -0.25) is 4.99 Å². The molecule has 0 saturated carbocycles. The Morgan fingerprint density at radius 3 is 2.94 bits per heavy atom. The lowest BCUT2D eigenvalue weighted by Crippen LogP contribution is -2.11. The lowest BCUT2D eigenvalue weighted by molar-refractivity contribution is 0.544. The molecule has 1 aliphatic rings. The van der Waals surface area contributed by atoms with Crippen LogP contribution in [0.5, 0.6) is 0 Å². The van der Waals surface area contributed by atoms with E-state index >= 15 is 0 Å². The lowest BCUT2D eigenvalue weighted by Gasteiger charge is -2.07. The molecular weight excluding hydrogens is 262 g/mol. The number of nitrogens with two attached hydrogens (primary N) is 1. The molecule has 1 aromatic heterocycles. The zero-order valence-corrected chi connectivity index (χ0v) is 12.0. The molecule has 94 valence electrons. The number of rotatable bonds is 2. The van der Waals surface area contributed by atoms with Crippen molar-refractivity contribution in [2.75, 3.05) is 11.5 Å². The maximum absolute atomic E-state index is 5.79. The first-order valence-electron chi connectivity index (χ1n) is 6.00. The molecule has 2 N–H and O–H groups in total. The standard InChI is InChI=1S/C13H15N3S2/c1-7(2)10-6-17-12(16-10)13-15-9-4-3-8(14)5-11(9)18-13/h3-5,7,10H,6,14H2,1-2H3. The van der Waals surface area contributed by atoms with Crippen molar-refractivity contribution in [3.63, 3.8) is 0 Å².